The van der Waals surface area contributed by atoms with E-state index in [1.165, 1.54) is 0 Å². The van der Waals surface area contributed by atoms with Gasteiger partial charge in [0.25, 0.3) is 5.95 Å². The number of ether oxygens (including phenoxy) is 1. The highest BCUT2D eigenvalue weighted by Crippen LogP contribution is 2.36. The zero-order chi connectivity index (χ0) is 19.6. The molecule has 0 spiro atoms. The monoisotopic (exact) mass is 368 g/mol. The van der Waals surface area contributed by atoms with E-state index in [-0.39, 0.29) is 0 Å². The van der Waals surface area contributed by atoms with Crippen molar-refractivity contribution in [1.82, 2.24) is 19.2 Å². The largest absolute Gasteiger partial charge is 0.495 e. The Morgan fingerprint density at radius 1 is 1.00 bits per heavy atom. The SMILES string of the molecule is COc1cc(B2OC(C)(C)C(C)(C)O2)cc2nc(-n3c(C)ccc3C)nn12. The van der Waals surface area contributed by atoms with E-state index < -0.39 is 18.3 Å². The third kappa shape index (κ3) is 2.75. The van der Waals surface area contributed by atoms with Crippen molar-refractivity contribution in [2.45, 2.75) is 52.7 Å². The van der Waals surface area contributed by atoms with Crippen molar-refractivity contribution in [1.29, 1.82) is 0 Å². The molecule has 0 unspecified atom stereocenters. The molecule has 7 nitrogen and oxygen atoms in total. The normalized spacial score (nSPS) is 18.4. The predicted octanol–water partition coefficient (Wildman–Crippen LogP) is 2.44. The van der Waals surface area contributed by atoms with Gasteiger partial charge in [0, 0.05) is 17.5 Å². The van der Waals surface area contributed by atoms with Crippen LogP contribution in [-0.4, -0.2) is 44.6 Å². The molecule has 0 radical (unpaired) electrons. The Hall–Kier alpha value is -2.32. The van der Waals surface area contributed by atoms with E-state index in [4.69, 9.17) is 19.0 Å². The molecule has 27 heavy (non-hydrogen) atoms. The second-order valence-corrected chi connectivity index (χ2v) is 8.05. The van der Waals surface area contributed by atoms with Crippen LogP contribution in [0.2, 0.25) is 0 Å². The summed E-state index contributed by atoms with van der Waals surface area (Å²) in [4.78, 5) is 4.71. The summed E-state index contributed by atoms with van der Waals surface area (Å²) in [6.07, 6.45) is 0. The van der Waals surface area contributed by atoms with Crippen LogP contribution in [0.15, 0.2) is 24.3 Å². The summed E-state index contributed by atoms with van der Waals surface area (Å²) in [6.45, 7) is 12.2. The first kappa shape index (κ1) is 18.1. The summed E-state index contributed by atoms with van der Waals surface area (Å²) in [7, 11) is 1.14. The number of hydrogen-bond donors (Lipinski definition) is 0. The van der Waals surface area contributed by atoms with Gasteiger partial charge < -0.3 is 14.0 Å². The van der Waals surface area contributed by atoms with Gasteiger partial charge in [-0.2, -0.15) is 9.50 Å². The standard InChI is InChI=1S/C19H25BN4O3/c1-12-8-9-13(2)23(12)17-21-15-10-14(11-16(25-7)24(15)22-17)20-26-18(3,4)19(5,6)27-20/h8-11H,1-7H3. The Labute approximate surface area is 159 Å². The molecule has 0 N–H and O–H groups in total. The molecule has 0 bridgehead atoms. The van der Waals surface area contributed by atoms with E-state index in [0.717, 1.165) is 16.9 Å². The Bertz CT molecular complexity index is 986. The quantitative estimate of drug-likeness (QED) is 0.665. The lowest BCUT2D eigenvalue weighted by molar-refractivity contribution is 0.00578. The lowest BCUT2D eigenvalue weighted by Gasteiger charge is -2.32. The van der Waals surface area contributed by atoms with Crippen LogP contribution in [0.4, 0.5) is 0 Å². The van der Waals surface area contributed by atoms with E-state index in [9.17, 15) is 0 Å². The Balaban J connectivity index is 1.81. The fourth-order valence-electron chi connectivity index (χ4n) is 3.30. The highest BCUT2D eigenvalue weighted by Gasteiger charge is 2.52. The smallest absolute Gasteiger partial charge is 0.481 e. The van der Waals surface area contributed by atoms with Gasteiger partial charge in [-0.15, -0.1) is 5.10 Å². The summed E-state index contributed by atoms with van der Waals surface area (Å²) < 4.78 is 21.6. The minimum atomic E-state index is -0.482. The Morgan fingerprint density at radius 3 is 2.15 bits per heavy atom. The van der Waals surface area contributed by atoms with E-state index >= 15 is 0 Å². The zero-order valence-corrected chi connectivity index (χ0v) is 16.9. The van der Waals surface area contributed by atoms with Gasteiger partial charge in [-0.3, -0.25) is 4.57 Å². The number of rotatable bonds is 3. The van der Waals surface area contributed by atoms with Gasteiger partial charge in [-0.1, -0.05) is 0 Å². The predicted molar refractivity (Wildman–Crippen MR) is 104 cm³/mol. The maximum Gasteiger partial charge on any atom is 0.495 e. The van der Waals surface area contributed by atoms with E-state index in [1.807, 2.05) is 70.4 Å². The Kier molecular flexibility index (Phi) is 3.91. The van der Waals surface area contributed by atoms with Crippen molar-refractivity contribution in [2.24, 2.45) is 0 Å². The number of aryl methyl sites for hydroxylation is 2. The van der Waals surface area contributed by atoms with Crippen LogP contribution >= 0.6 is 0 Å². The van der Waals surface area contributed by atoms with Crippen molar-refractivity contribution in [2.75, 3.05) is 7.11 Å². The van der Waals surface area contributed by atoms with Crippen LogP contribution in [0.25, 0.3) is 11.6 Å². The number of pyridine rings is 1. The molecule has 1 saturated heterocycles. The molecule has 1 aliphatic heterocycles. The first-order valence-corrected chi connectivity index (χ1v) is 9.08. The number of fused-ring (bicyclic) bond motifs is 1. The maximum absolute atomic E-state index is 6.18. The van der Waals surface area contributed by atoms with Crippen molar-refractivity contribution in [3.05, 3.63) is 35.7 Å². The van der Waals surface area contributed by atoms with Gasteiger partial charge >= 0.3 is 7.12 Å². The summed E-state index contributed by atoms with van der Waals surface area (Å²) in [5.74, 6) is 1.19. The highest BCUT2D eigenvalue weighted by molar-refractivity contribution is 6.62. The molecule has 142 valence electrons. The van der Waals surface area contributed by atoms with Gasteiger partial charge in [0.1, 0.15) is 0 Å². The molecule has 8 heteroatoms. The number of methoxy groups -OCH3 is 1. The Morgan fingerprint density at radius 2 is 1.59 bits per heavy atom. The van der Waals surface area contributed by atoms with E-state index in [1.54, 1.807) is 11.6 Å². The third-order valence-electron chi connectivity index (χ3n) is 5.62. The second kappa shape index (κ2) is 5.84. The van der Waals surface area contributed by atoms with Crippen LogP contribution < -0.4 is 10.2 Å². The average molecular weight is 368 g/mol. The minimum Gasteiger partial charge on any atom is -0.481 e. The fraction of sp³-hybridized carbons (Fsp3) is 0.474. The lowest BCUT2D eigenvalue weighted by atomic mass is 9.79. The first-order valence-electron chi connectivity index (χ1n) is 9.08. The van der Waals surface area contributed by atoms with Crippen LogP contribution in [0.5, 0.6) is 5.88 Å². The third-order valence-corrected chi connectivity index (χ3v) is 5.62. The fourth-order valence-corrected chi connectivity index (χ4v) is 3.30. The van der Waals surface area contributed by atoms with Crippen molar-refractivity contribution in [3.63, 3.8) is 0 Å². The number of aromatic nitrogens is 4. The molecular formula is C19H25BN4O3. The van der Waals surface area contributed by atoms with Crippen molar-refractivity contribution >= 4 is 18.2 Å². The van der Waals surface area contributed by atoms with Crippen molar-refractivity contribution < 1.29 is 14.0 Å². The molecule has 1 fully saturated rings. The zero-order valence-electron chi connectivity index (χ0n) is 16.9. The van der Waals surface area contributed by atoms with Crippen LogP contribution in [0.1, 0.15) is 39.1 Å². The molecule has 3 aromatic heterocycles. The number of hydrogen-bond acceptors (Lipinski definition) is 5. The van der Waals surface area contributed by atoms with Gasteiger partial charge in [0.15, 0.2) is 5.65 Å². The maximum atomic E-state index is 6.18. The van der Waals surface area contributed by atoms with E-state index in [2.05, 4.69) is 5.10 Å². The van der Waals surface area contributed by atoms with Gasteiger partial charge in [-0.05, 0) is 65.2 Å². The van der Waals surface area contributed by atoms with Gasteiger partial charge in [-0.25, -0.2) is 0 Å². The van der Waals surface area contributed by atoms with Crippen molar-refractivity contribution in [3.8, 4) is 11.8 Å². The molecule has 0 aliphatic carbocycles. The molecule has 1 aliphatic rings. The first-order chi connectivity index (χ1) is 12.6. The molecule has 0 atom stereocenters. The molecule has 4 rings (SSSR count). The minimum absolute atomic E-state index is 0.408. The topological polar surface area (TPSA) is 62.8 Å². The summed E-state index contributed by atoms with van der Waals surface area (Å²) >= 11 is 0. The van der Waals surface area contributed by atoms with Gasteiger partial charge in [0.05, 0.1) is 18.3 Å². The molecule has 3 aromatic rings. The molecule has 4 heterocycles. The summed E-state index contributed by atoms with van der Waals surface area (Å²) in [6, 6.07) is 7.93. The number of nitrogens with zero attached hydrogens (tertiary/aromatic N) is 4. The highest BCUT2D eigenvalue weighted by atomic mass is 16.7. The van der Waals surface area contributed by atoms with Crippen LogP contribution in [0, 0.1) is 13.8 Å². The van der Waals surface area contributed by atoms with Crippen LogP contribution in [0.3, 0.4) is 0 Å². The molecule has 0 aromatic carbocycles. The summed E-state index contributed by atoms with van der Waals surface area (Å²) in [5.41, 5.74) is 2.88. The molecule has 0 saturated carbocycles. The van der Waals surface area contributed by atoms with E-state index in [0.29, 0.717) is 17.5 Å². The second-order valence-electron chi connectivity index (χ2n) is 8.05. The molecular weight excluding hydrogens is 343 g/mol. The van der Waals surface area contributed by atoms with Gasteiger partial charge in [0.2, 0.25) is 5.88 Å². The average Bonchev–Trinajstić information content (AvgIpc) is 3.20. The summed E-state index contributed by atoms with van der Waals surface area (Å²) in [5, 5.41) is 4.63. The molecule has 0 amide bonds. The lowest BCUT2D eigenvalue weighted by Crippen LogP contribution is -2.41. The van der Waals surface area contributed by atoms with Crippen LogP contribution in [-0.2, 0) is 9.31 Å².